The second-order valence-corrected chi connectivity index (χ2v) is 5.35. The summed E-state index contributed by atoms with van der Waals surface area (Å²) in [7, 11) is 0. The minimum absolute atomic E-state index is 0.106. The average Bonchev–Trinajstić information content (AvgIpc) is 2.60. The van der Waals surface area contributed by atoms with Crippen molar-refractivity contribution < 1.29 is 14.3 Å². The lowest BCUT2D eigenvalue weighted by Gasteiger charge is -2.16. The molecule has 0 aromatic heterocycles. The molecule has 1 atom stereocenters. The Kier molecular flexibility index (Phi) is 6.09. The van der Waals surface area contributed by atoms with Crippen LogP contribution in [0.25, 0.3) is 0 Å². The largest absolute Gasteiger partial charge is 0.484 e. The molecule has 0 aliphatic heterocycles. The van der Waals surface area contributed by atoms with E-state index in [0.29, 0.717) is 17.7 Å². The van der Waals surface area contributed by atoms with Gasteiger partial charge in [0.05, 0.1) is 17.7 Å². The van der Waals surface area contributed by atoms with E-state index in [2.05, 4.69) is 5.32 Å². The van der Waals surface area contributed by atoms with Crippen LogP contribution in [0.3, 0.4) is 0 Å². The quantitative estimate of drug-likeness (QED) is 0.848. The van der Waals surface area contributed by atoms with Crippen LogP contribution in [0.2, 0.25) is 0 Å². The van der Waals surface area contributed by atoms with E-state index in [1.807, 2.05) is 36.4 Å². The smallest absolute Gasteiger partial charge is 0.258 e. The molecule has 1 amide bonds. The second-order valence-electron chi connectivity index (χ2n) is 5.35. The van der Waals surface area contributed by atoms with E-state index in [0.717, 1.165) is 5.56 Å². The molecule has 5 nitrogen and oxygen atoms in total. The average molecular weight is 322 g/mol. The van der Waals surface area contributed by atoms with Crippen LogP contribution >= 0.6 is 0 Å². The van der Waals surface area contributed by atoms with Gasteiger partial charge in [0.1, 0.15) is 5.75 Å². The Bertz CT molecular complexity index is 733. The molecule has 0 bridgehead atoms. The van der Waals surface area contributed by atoms with E-state index < -0.39 is 6.04 Å². The molecule has 1 unspecified atom stereocenters. The monoisotopic (exact) mass is 322 g/mol. The van der Waals surface area contributed by atoms with Crippen LogP contribution < -0.4 is 10.1 Å². The van der Waals surface area contributed by atoms with Gasteiger partial charge in [0.15, 0.2) is 12.4 Å². The van der Waals surface area contributed by atoms with Gasteiger partial charge in [-0.05, 0) is 43.2 Å². The van der Waals surface area contributed by atoms with Crippen molar-refractivity contribution in [2.45, 2.75) is 19.4 Å². The molecule has 2 rings (SSSR count). The Morgan fingerprint density at radius 3 is 2.38 bits per heavy atom. The molecule has 2 aromatic rings. The van der Waals surface area contributed by atoms with Gasteiger partial charge >= 0.3 is 0 Å². The first-order valence-corrected chi connectivity index (χ1v) is 7.55. The van der Waals surface area contributed by atoms with Crippen molar-refractivity contribution in [2.75, 3.05) is 6.61 Å². The second kappa shape index (κ2) is 8.49. The summed E-state index contributed by atoms with van der Waals surface area (Å²) in [6, 6.07) is 17.4. The summed E-state index contributed by atoms with van der Waals surface area (Å²) in [6.07, 6.45) is 0.443. The number of Topliss-reactive ketones (excluding diaryl/α,β-unsaturated/α-hetero) is 1. The van der Waals surface area contributed by atoms with Gasteiger partial charge in [-0.15, -0.1) is 0 Å². The molecule has 0 saturated heterocycles. The van der Waals surface area contributed by atoms with E-state index >= 15 is 0 Å². The first kappa shape index (κ1) is 17.2. The van der Waals surface area contributed by atoms with E-state index in [-0.39, 0.29) is 18.3 Å². The molecule has 0 aliphatic carbocycles. The number of nitrogens with one attached hydrogen (secondary N) is 1. The topological polar surface area (TPSA) is 79.2 Å². The molecule has 0 saturated carbocycles. The molecule has 0 spiro atoms. The number of ketones is 1. The third-order valence-corrected chi connectivity index (χ3v) is 3.46. The Labute approximate surface area is 140 Å². The third kappa shape index (κ3) is 5.25. The van der Waals surface area contributed by atoms with Gasteiger partial charge in [-0.2, -0.15) is 5.26 Å². The first-order chi connectivity index (χ1) is 11.6. The summed E-state index contributed by atoms with van der Waals surface area (Å²) in [4.78, 5) is 23.7. The maximum atomic E-state index is 12.0. The predicted molar refractivity (Wildman–Crippen MR) is 89.4 cm³/mol. The fourth-order valence-electron chi connectivity index (χ4n) is 2.16. The lowest BCUT2D eigenvalue weighted by Crippen LogP contribution is -2.43. The molecular formula is C19H18N2O3. The van der Waals surface area contributed by atoms with Crippen LogP contribution in [0.15, 0.2) is 54.6 Å². The minimum atomic E-state index is -0.579. The van der Waals surface area contributed by atoms with Crippen molar-refractivity contribution in [1.29, 1.82) is 5.26 Å². The molecule has 24 heavy (non-hydrogen) atoms. The van der Waals surface area contributed by atoms with Gasteiger partial charge in [-0.25, -0.2) is 0 Å². The van der Waals surface area contributed by atoms with Crippen molar-refractivity contribution in [2.24, 2.45) is 0 Å². The summed E-state index contributed by atoms with van der Waals surface area (Å²) >= 11 is 0. The zero-order valence-corrected chi connectivity index (χ0v) is 13.4. The number of amides is 1. The van der Waals surface area contributed by atoms with E-state index in [4.69, 9.17) is 10.00 Å². The van der Waals surface area contributed by atoms with Gasteiger partial charge in [0.25, 0.3) is 5.91 Å². The highest BCUT2D eigenvalue weighted by Crippen LogP contribution is 2.11. The number of nitrogens with zero attached hydrogens (tertiary/aromatic N) is 1. The summed E-state index contributed by atoms with van der Waals surface area (Å²) in [5.74, 6) is 0.0210. The highest BCUT2D eigenvalue weighted by molar-refractivity contribution is 5.88. The predicted octanol–water partition coefficient (Wildman–Crippen LogP) is 2.25. The molecule has 0 radical (unpaired) electrons. The molecule has 0 fully saturated rings. The molecule has 2 aromatic carbocycles. The fraction of sp³-hybridized carbons (Fsp3) is 0.211. The normalized spacial score (nSPS) is 11.2. The van der Waals surface area contributed by atoms with Gasteiger partial charge in [0.2, 0.25) is 0 Å². The van der Waals surface area contributed by atoms with Crippen LogP contribution in [0.5, 0.6) is 5.75 Å². The number of hydrogen-bond acceptors (Lipinski definition) is 4. The Balaban J connectivity index is 1.88. The number of rotatable bonds is 7. The number of carbonyl (C=O) groups is 2. The highest BCUT2D eigenvalue weighted by atomic mass is 16.5. The summed E-state index contributed by atoms with van der Waals surface area (Å²) in [5, 5.41) is 11.4. The first-order valence-electron chi connectivity index (χ1n) is 7.55. The van der Waals surface area contributed by atoms with Crippen LogP contribution in [-0.4, -0.2) is 24.3 Å². The lowest BCUT2D eigenvalue weighted by atomic mass is 10.0. The maximum Gasteiger partial charge on any atom is 0.258 e. The Morgan fingerprint density at radius 2 is 1.79 bits per heavy atom. The fourth-order valence-corrected chi connectivity index (χ4v) is 2.16. The van der Waals surface area contributed by atoms with E-state index in [1.165, 1.54) is 6.92 Å². The number of carbonyl (C=O) groups excluding carboxylic acids is 2. The number of nitriles is 1. The summed E-state index contributed by atoms with van der Waals surface area (Å²) < 4.78 is 5.37. The Morgan fingerprint density at radius 1 is 1.12 bits per heavy atom. The highest BCUT2D eigenvalue weighted by Gasteiger charge is 2.17. The van der Waals surface area contributed by atoms with Crippen molar-refractivity contribution in [3.8, 4) is 11.8 Å². The summed E-state index contributed by atoms with van der Waals surface area (Å²) in [5.41, 5.74) is 1.50. The van der Waals surface area contributed by atoms with Gasteiger partial charge in [-0.3, -0.25) is 9.59 Å². The van der Waals surface area contributed by atoms with Crippen LogP contribution in [-0.2, 0) is 16.0 Å². The standard InChI is InChI=1S/C19H18N2O3/c1-14(22)18(11-15-5-3-2-4-6-15)21-19(23)13-24-17-9-7-16(12-20)8-10-17/h2-10,18H,11,13H2,1H3,(H,21,23). The number of hydrogen-bond donors (Lipinski definition) is 1. The number of benzene rings is 2. The Hall–Kier alpha value is -3.13. The molecule has 0 aliphatic rings. The minimum Gasteiger partial charge on any atom is -0.484 e. The van der Waals surface area contributed by atoms with E-state index in [1.54, 1.807) is 24.3 Å². The zero-order chi connectivity index (χ0) is 17.4. The summed E-state index contributed by atoms with van der Waals surface area (Å²) in [6.45, 7) is 1.26. The van der Waals surface area contributed by atoms with Crippen LogP contribution in [0.4, 0.5) is 0 Å². The van der Waals surface area contributed by atoms with Crippen molar-refractivity contribution in [3.05, 3.63) is 65.7 Å². The maximum absolute atomic E-state index is 12.0. The van der Waals surface area contributed by atoms with Gasteiger partial charge in [0, 0.05) is 0 Å². The van der Waals surface area contributed by atoms with Crippen LogP contribution in [0, 0.1) is 11.3 Å². The lowest BCUT2D eigenvalue weighted by molar-refractivity contribution is -0.128. The molecule has 122 valence electrons. The molecule has 5 heteroatoms. The van der Waals surface area contributed by atoms with Gasteiger partial charge in [-0.1, -0.05) is 30.3 Å². The molecular weight excluding hydrogens is 304 g/mol. The van der Waals surface area contributed by atoms with Crippen LogP contribution in [0.1, 0.15) is 18.1 Å². The SMILES string of the molecule is CC(=O)C(Cc1ccccc1)NC(=O)COc1ccc(C#N)cc1. The zero-order valence-electron chi connectivity index (χ0n) is 13.4. The van der Waals surface area contributed by atoms with E-state index in [9.17, 15) is 9.59 Å². The van der Waals surface area contributed by atoms with Gasteiger partial charge < -0.3 is 10.1 Å². The molecule has 0 heterocycles. The van der Waals surface area contributed by atoms with Crippen molar-refractivity contribution in [3.63, 3.8) is 0 Å². The van der Waals surface area contributed by atoms with Crippen molar-refractivity contribution >= 4 is 11.7 Å². The number of ether oxygens (including phenoxy) is 1. The van der Waals surface area contributed by atoms with Crippen molar-refractivity contribution in [1.82, 2.24) is 5.32 Å². The third-order valence-electron chi connectivity index (χ3n) is 3.46. The molecule has 1 N–H and O–H groups in total.